The Hall–Kier alpha value is -2.73. The van der Waals surface area contributed by atoms with Crippen molar-refractivity contribution < 1.29 is 9.59 Å². The number of anilines is 1. The van der Waals surface area contributed by atoms with Gasteiger partial charge in [0.2, 0.25) is 11.8 Å². The van der Waals surface area contributed by atoms with Crippen molar-refractivity contribution in [2.45, 2.75) is 26.3 Å². The fourth-order valence-corrected chi connectivity index (χ4v) is 4.42. The number of aromatic nitrogens is 1. The molecule has 1 aliphatic rings. The molecule has 2 aromatic carbocycles. The largest absolute Gasteiger partial charge is 0.335 e. The number of hydrogen-bond acceptors (Lipinski definition) is 4. The lowest BCUT2D eigenvalue weighted by molar-refractivity contribution is -0.129. The zero-order valence-electron chi connectivity index (χ0n) is 15.3. The number of aryl methyl sites for hydroxylation is 1. The molecule has 2 atom stereocenters. The number of amides is 2. The van der Waals surface area contributed by atoms with Gasteiger partial charge >= 0.3 is 0 Å². The Balaban J connectivity index is 1.45. The van der Waals surface area contributed by atoms with Crippen LogP contribution in [0.25, 0.3) is 10.2 Å². The predicted octanol–water partition coefficient (Wildman–Crippen LogP) is 4.15. The standard InChI is InChI=1S/C21H21N3O2S/c1-13(15-6-4-3-5-7-15)24-12-16(10-20(24)25)21(26)23-17-8-9-18-19(11-17)27-14(2)22-18/h3-9,11,13,16H,10,12H2,1-2H3,(H,23,26). The first-order valence-corrected chi connectivity index (χ1v) is 9.85. The maximum Gasteiger partial charge on any atom is 0.229 e. The number of nitrogens with zero attached hydrogens (tertiary/aromatic N) is 2. The Morgan fingerprint density at radius 2 is 2.04 bits per heavy atom. The Labute approximate surface area is 162 Å². The van der Waals surface area contributed by atoms with E-state index in [9.17, 15) is 9.59 Å². The Kier molecular flexibility index (Phi) is 4.66. The molecule has 0 radical (unpaired) electrons. The molecule has 1 fully saturated rings. The number of hydrogen-bond donors (Lipinski definition) is 1. The third-order valence-corrected chi connectivity index (χ3v) is 5.98. The van der Waals surface area contributed by atoms with Gasteiger partial charge in [-0.05, 0) is 37.6 Å². The molecular weight excluding hydrogens is 358 g/mol. The lowest BCUT2D eigenvalue weighted by Crippen LogP contribution is -2.30. The highest BCUT2D eigenvalue weighted by molar-refractivity contribution is 7.18. The van der Waals surface area contributed by atoms with Gasteiger partial charge in [-0.1, -0.05) is 30.3 Å². The topological polar surface area (TPSA) is 62.3 Å². The van der Waals surface area contributed by atoms with Crippen LogP contribution in [0.4, 0.5) is 5.69 Å². The zero-order chi connectivity index (χ0) is 19.0. The molecule has 0 saturated carbocycles. The molecule has 2 unspecified atom stereocenters. The van der Waals surface area contributed by atoms with E-state index in [0.29, 0.717) is 6.54 Å². The van der Waals surface area contributed by atoms with Gasteiger partial charge in [0.05, 0.1) is 27.2 Å². The fourth-order valence-electron chi connectivity index (χ4n) is 3.55. The summed E-state index contributed by atoms with van der Waals surface area (Å²) in [7, 11) is 0. The quantitative estimate of drug-likeness (QED) is 0.741. The van der Waals surface area contributed by atoms with E-state index in [2.05, 4.69) is 10.3 Å². The maximum atomic E-state index is 12.7. The van der Waals surface area contributed by atoms with Crippen molar-refractivity contribution in [1.82, 2.24) is 9.88 Å². The second-order valence-corrected chi connectivity index (χ2v) is 8.17. The highest BCUT2D eigenvalue weighted by Crippen LogP contribution is 2.30. The van der Waals surface area contributed by atoms with Gasteiger partial charge in [0, 0.05) is 18.7 Å². The molecule has 0 spiro atoms. The van der Waals surface area contributed by atoms with Crippen molar-refractivity contribution in [1.29, 1.82) is 0 Å². The Bertz CT molecular complexity index is 999. The van der Waals surface area contributed by atoms with E-state index in [1.165, 1.54) is 0 Å². The molecule has 3 aromatic rings. The van der Waals surface area contributed by atoms with Crippen molar-refractivity contribution in [3.05, 3.63) is 59.1 Å². The van der Waals surface area contributed by atoms with Gasteiger partial charge in [-0.3, -0.25) is 9.59 Å². The normalized spacial score (nSPS) is 18.1. The third-order valence-electron chi connectivity index (χ3n) is 5.04. The van der Waals surface area contributed by atoms with Crippen LogP contribution >= 0.6 is 11.3 Å². The molecule has 1 N–H and O–H groups in total. The van der Waals surface area contributed by atoms with E-state index >= 15 is 0 Å². The maximum absolute atomic E-state index is 12.7. The lowest BCUT2D eigenvalue weighted by Gasteiger charge is -2.25. The van der Waals surface area contributed by atoms with Crippen molar-refractivity contribution in [3.8, 4) is 0 Å². The summed E-state index contributed by atoms with van der Waals surface area (Å²) in [6.45, 7) is 4.42. The molecule has 1 saturated heterocycles. The number of nitrogens with one attached hydrogen (secondary N) is 1. The van der Waals surface area contributed by atoms with E-state index in [1.54, 1.807) is 16.2 Å². The predicted molar refractivity (Wildman–Crippen MR) is 108 cm³/mol. The van der Waals surface area contributed by atoms with Crippen LogP contribution in [0.5, 0.6) is 0 Å². The second-order valence-electron chi connectivity index (χ2n) is 6.94. The molecule has 5 nitrogen and oxygen atoms in total. The van der Waals surface area contributed by atoms with Crippen molar-refractivity contribution in [2.75, 3.05) is 11.9 Å². The summed E-state index contributed by atoms with van der Waals surface area (Å²) >= 11 is 1.60. The summed E-state index contributed by atoms with van der Waals surface area (Å²) in [5, 5.41) is 3.97. The van der Waals surface area contributed by atoms with Crippen LogP contribution < -0.4 is 5.32 Å². The molecule has 2 heterocycles. The van der Waals surface area contributed by atoms with Gasteiger partial charge in [0.15, 0.2) is 0 Å². The number of carbonyl (C=O) groups excluding carboxylic acids is 2. The molecule has 1 aromatic heterocycles. The summed E-state index contributed by atoms with van der Waals surface area (Å²) in [4.78, 5) is 31.4. The molecule has 138 valence electrons. The highest BCUT2D eigenvalue weighted by atomic mass is 32.1. The SMILES string of the molecule is Cc1nc2ccc(NC(=O)C3CC(=O)N(C(C)c4ccccc4)C3)cc2s1. The number of likely N-dealkylation sites (tertiary alicyclic amines) is 1. The zero-order valence-corrected chi connectivity index (χ0v) is 16.1. The average Bonchev–Trinajstić information content (AvgIpc) is 3.23. The van der Waals surface area contributed by atoms with Gasteiger partial charge < -0.3 is 10.2 Å². The highest BCUT2D eigenvalue weighted by Gasteiger charge is 2.37. The van der Waals surface area contributed by atoms with Crippen molar-refractivity contribution in [3.63, 3.8) is 0 Å². The Morgan fingerprint density at radius 3 is 2.81 bits per heavy atom. The van der Waals surface area contributed by atoms with E-state index in [1.807, 2.05) is 62.4 Å². The minimum atomic E-state index is -0.331. The van der Waals surface area contributed by atoms with Gasteiger partial charge in [0.1, 0.15) is 0 Å². The van der Waals surface area contributed by atoms with Crippen LogP contribution in [0, 0.1) is 12.8 Å². The molecule has 4 rings (SSSR count). The van der Waals surface area contributed by atoms with E-state index < -0.39 is 0 Å². The van der Waals surface area contributed by atoms with Crippen LogP contribution in [0.15, 0.2) is 48.5 Å². The first kappa shape index (κ1) is 17.7. The van der Waals surface area contributed by atoms with Crippen molar-refractivity contribution >= 4 is 39.1 Å². The van der Waals surface area contributed by atoms with Crippen LogP contribution in [0.3, 0.4) is 0 Å². The summed E-state index contributed by atoms with van der Waals surface area (Å²) in [5.41, 5.74) is 2.77. The van der Waals surface area contributed by atoms with Gasteiger partial charge in [-0.25, -0.2) is 4.98 Å². The monoisotopic (exact) mass is 379 g/mol. The van der Waals surface area contributed by atoms with E-state index in [4.69, 9.17) is 0 Å². The average molecular weight is 379 g/mol. The molecule has 6 heteroatoms. The van der Waals surface area contributed by atoms with E-state index in [-0.39, 0.29) is 30.2 Å². The molecule has 0 aliphatic carbocycles. The molecule has 1 aliphatic heterocycles. The summed E-state index contributed by atoms with van der Waals surface area (Å²) < 4.78 is 1.05. The van der Waals surface area contributed by atoms with Gasteiger partial charge in [-0.2, -0.15) is 0 Å². The summed E-state index contributed by atoms with van der Waals surface area (Å²) in [6, 6.07) is 15.6. The minimum absolute atomic E-state index is 0.0278. The minimum Gasteiger partial charge on any atom is -0.335 e. The number of fused-ring (bicyclic) bond motifs is 1. The number of rotatable bonds is 4. The second kappa shape index (κ2) is 7.12. The van der Waals surface area contributed by atoms with Crippen LogP contribution in [0.2, 0.25) is 0 Å². The third kappa shape index (κ3) is 3.57. The molecule has 2 amide bonds. The molecular formula is C21H21N3O2S. The summed E-state index contributed by atoms with van der Waals surface area (Å²) in [6.07, 6.45) is 0.255. The number of carbonyl (C=O) groups is 2. The van der Waals surface area contributed by atoms with Gasteiger partial charge in [0.25, 0.3) is 0 Å². The lowest BCUT2D eigenvalue weighted by atomic mass is 10.1. The van der Waals surface area contributed by atoms with Crippen LogP contribution in [0.1, 0.15) is 30.0 Å². The van der Waals surface area contributed by atoms with Crippen LogP contribution in [-0.4, -0.2) is 28.2 Å². The smallest absolute Gasteiger partial charge is 0.229 e. The first-order valence-electron chi connectivity index (χ1n) is 9.04. The van der Waals surface area contributed by atoms with Crippen molar-refractivity contribution in [2.24, 2.45) is 5.92 Å². The molecule has 27 heavy (non-hydrogen) atoms. The first-order chi connectivity index (χ1) is 13.0. The van der Waals surface area contributed by atoms with Gasteiger partial charge in [-0.15, -0.1) is 11.3 Å². The van der Waals surface area contributed by atoms with Crippen LogP contribution in [-0.2, 0) is 9.59 Å². The molecule has 0 bridgehead atoms. The Morgan fingerprint density at radius 1 is 1.26 bits per heavy atom. The van der Waals surface area contributed by atoms with E-state index in [0.717, 1.165) is 26.5 Å². The fraction of sp³-hybridized carbons (Fsp3) is 0.286. The summed E-state index contributed by atoms with van der Waals surface area (Å²) in [5.74, 6) is -0.408. The number of benzene rings is 2. The number of thiazole rings is 1.